The van der Waals surface area contributed by atoms with Crippen LogP contribution in [0.5, 0.6) is 0 Å². The zero-order valence-electron chi connectivity index (χ0n) is 10.2. The predicted octanol–water partition coefficient (Wildman–Crippen LogP) is 2.56. The lowest BCUT2D eigenvalue weighted by molar-refractivity contribution is -0.0327. The van der Waals surface area contributed by atoms with Gasteiger partial charge in [0.2, 0.25) is 0 Å². The molecule has 17 heavy (non-hydrogen) atoms. The minimum atomic E-state index is -4.09. The van der Waals surface area contributed by atoms with Gasteiger partial charge in [-0.1, -0.05) is 6.92 Å². The Hall–Kier alpha value is 0.0600. The highest BCUT2D eigenvalue weighted by Gasteiger charge is 2.27. The molecule has 0 bridgehead atoms. The largest absolute Gasteiger partial charge is 0.441 e. The molecule has 0 aromatic carbocycles. The van der Waals surface area contributed by atoms with Crippen LogP contribution in [0.1, 0.15) is 19.8 Å². The van der Waals surface area contributed by atoms with Gasteiger partial charge >= 0.3 is 5.51 Å². The normalized spacial score (nSPS) is 19.8. The summed E-state index contributed by atoms with van der Waals surface area (Å²) in [5, 5.41) is 3.08. The molecule has 1 unspecified atom stereocenters. The molecule has 0 aromatic rings. The molecule has 0 aromatic heterocycles. The highest BCUT2D eigenvalue weighted by atomic mass is 32.2. The minimum absolute atomic E-state index is 0.0452. The maximum atomic E-state index is 11.8. The molecular formula is C11H21F3N2S. The molecule has 1 saturated heterocycles. The van der Waals surface area contributed by atoms with Crippen LogP contribution in [-0.2, 0) is 0 Å². The van der Waals surface area contributed by atoms with E-state index in [1.807, 2.05) is 0 Å². The van der Waals surface area contributed by atoms with Crippen LogP contribution >= 0.6 is 11.8 Å². The number of alkyl halides is 3. The number of likely N-dealkylation sites (tertiary alicyclic amines) is 1. The Morgan fingerprint density at radius 1 is 1.29 bits per heavy atom. The molecule has 0 amide bonds. The van der Waals surface area contributed by atoms with Crippen LogP contribution < -0.4 is 5.32 Å². The van der Waals surface area contributed by atoms with Crippen LogP contribution in [0.3, 0.4) is 0 Å². The number of hydrogen-bond donors (Lipinski definition) is 1. The second-order valence-corrected chi connectivity index (χ2v) is 5.77. The van der Waals surface area contributed by atoms with Gasteiger partial charge in [0.1, 0.15) is 0 Å². The molecule has 1 atom stereocenters. The van der Waals surface area contributed by atoms with E-state index in [4.69, 9.17) is 0 Å². The average Bonchev–Trinajstić information content (AvgIpc) is 2.68. The van der Waals surface area contributed by atoms with Crippen molar-refractivity contribution in [1.82, 2.24) is 10.2 Å². The Labute approximate surface area is 105 Å². The second kappa shape index (κ2) is 7.48. The number of nitrogens with zero attached hydrogens (tertiary/aromatic N) is 1. The van der Waals surface area contributed by atoms with Gasteiger partial charge in [-0.2, -0.15) is 13.2 Å². The third-order valence-corrected chi connectivity index (χ3v) is 3.54. The van der Waals surface area contributed by atoms with Crippen LogP contribution in [0.15, 0.2) is 0 Å². The van der Waals surface area contributed by atoms with E-state index in [1.54, 1.807) is 0 Å². The fourth-order valence-corrected chi connectivity index (χ4v) is 2.54. The summed E-state index contributed by atoms with van der Waals surface area (Å²) in [5.41, 5.74) is -4.09. The van der Waals surface area contributed by atoms with E-state index < -0.39 is 5.51 Å². The zero-order chi connectivity index (χ0) is 12.7. The number of thioether (sulfide) groups is 1. The summed E-state index contributed by atoms with van der Waals surface area (Å²) in [7, 11) is 0. The number of hydrogen-bond acceptors (Lipinski definition) is 3. The van der Waals surface area contributed by atoms with E-state index in [2.05, 4.69) is 17.1 Å². The van der Waals surface area contributed by atoms with Crippen molar-refractivity contribution in [2.45, 2.75) is 25.3 Å². The van der Waals surface area contributed by atoms with Gasteiger partial charge in [-0.3, -0.25) is 0 Å². The van der Waals surface area contributed by atoms with Gasteiger partial charge in [-0.25, -0.2) is 0 Å². The van der Waals surface area contributed by atoms with Crippen molar-refractivity contribution in [2.75, 3.05) is 38.5 Å². The first kappa shape index (κ1) is 15.1. The maximum absolute atomic E-state index is 11.8. The highest BCUT2D eigenvalue weighted by molar-refractivity contribution is 8.00. The van der Waals surface area contributed by atoms with E-state index >= 15 is 0 Å². The molecule has 1 fully saturated rings. The smallest absolute Gasteiger partial charge is 0.316 e. The van der Waals surface area contributed by atoms with Crippen LogP contribution in [0.25, 0.3) is 0 Å². The average molecular weight is 270 g/mol. The van der Waals surface area contributed by atoms with Crippen molar-refractivity contribution in [3.8, 4) is 0 Å². The summed E-state index contributed by atoms with van der Waals surface area (Å²) in [5.74, 6) is 0.601. The van der Waals surface area contributed by atoms with Crippen molar-refractivity contribution < 1.29 is 13.2 Å². The van der Waals surface area contributed by atoms with Gasteiger partial charge in [0.25, 0.3) is 0 Å². The Morgan fingerprint density at radius 3 is 2.53 bits per heavy atom. The van der Waals surface area contributed by atoms with Crippen LogP contribution in [0.4, 0.5) is 13.2 Å². The van der Waals surface area contributed by atoms with Crippen molar-refractivity contribution in [3.63, 3.8) is 0 Å². The van der Waals surface area contributed by atoms with Gasteiger partial charge < -0.3 is 10.2 Å². The van der Waals surface area contributed by atoms with Crippen LogP contribution in [0.2, 0.25) is 0 Å². The molecule has 2 nitrogen and oxygen atoms in total. The number of nitrogens with one attached hydrogen (secondary N) is 1. The molecule has 0 aliphatic carbocycles. The van der Waals surface area contributed by atoms with Crippen molar-refractivity contribution in [2.24, 2.45) is 5.92 Å². The van der Waals surface area contributed by atoms with E-state index in [0.717, 1.165) is 13.1 Å². The van der Waals surface area contributed by atoms with Crippen LogP contribution in [-0.4, -0.2) is 48.9 Å². The van der Waals surface area contributed by atoms with E-state index in [0.29, 0.717) is 12.5 Å². The first-order valence-electron chi connectivity index (χ1n) is 6.11. The molecule has 1 aliphatic rings. The van der Waals surface area contributed by atoms with Gasteiger partial charge in [-0.15, -0.1) is 0 Å². The van der Waals surface area contributed by atoms with Gasteiger partial charge in [-0.05, 0) is 50.2 Å². The fraction of sp³-hybridized carbons (Fsp3) is 1.00. The molecule has 1 aliphatic heterocycles. The third kappa shape index (κ3) is 7.89. The molecule has 1 heterocycles. The summed E-state index contributed by atoms with van der Waals surface area (Å²) in [4.78, 5) is 2.43. The first-order valence-corrected chi connectivity index (χ1v) is 7.09. The molecule has 0 spiro atoms. The Kier molecular flexibility index (Phi) is 6.66. The SMILES string of the molecule is CC(CNCCSC(F)(F)F)CN1CCCC1. The lowest BCUT2D eigenvalue weighted by atomic mass is 10.1. The lowest BCUT2D eigenvalue weighted by Gasteiger charge is -2.20. The standard InChI is InChI=1S/C11H21F3N2S/c1-10(9-16-5-2-3-6-16)8-15-4-7-17-11(12,13)14/h10,15H,2-9H2,1H3. The summed E-state index contributed by atoms with van der Waals surface area (Å²) in [6.07, 6.45) is 2.56. The fourth-order valence-electron chi connectivity index (χ4n) is 2.06. The Balaban J connectivity index is 1.94. The molecule has 0 radical (unpaired) electrons. The summed E-state index contributed by atoms with van der Waals surface area (Å²) >= 11 is 0.0452. The zero-order valence-corrected chi connectivity index (χ0v) is 11.0. The van der Waals surface area contributed by atoms with Crippen molar-refractivity contribution in [3.05, 3.63) is 0 Å². The lowest BCUT2D eigenvalue weighted by Crippen LogP contribution is -2.32. The predicted molar refractivity (Wildman–Crippen MR) is 66.2 cm³/mol. The molecule has 0 saturated carbocycles. The Morgan fingerprint density at radius 2 is 1.94 bits per heavy atom. The maximum Gasteiger partial charge on any atom is 0.441 e. The first-order chi connectivity index (χ1) is 7.97. The molecular weight excluding hydrogens is 249 g/mol. The van der Waals surface area contributed by atoms with Crippen LogP contribution in [0, 0.1) is 5.92 Å². The number of rotatable bonds is 7. The quantitative estimate of drug-likeness (QED) is 0.716. The molecule has 1 rings (SSSR count). The van der Waals surface area contributed by atoms with E-state index in [-0.39, 0.29) is 17.5 Å². The minimum Gasteiger partial charge on any atom is -0.316 e. The topological polar surface area (TPSA) is 15.3 Å². The summed E-state index contributed by atoms with van der Waals surface area (Å²) in [6, 6.07) is 0. The van der Waals surface area contributed by atoms with E-state index in [9.17, 15) is 13.2 Å². The molecule has 102 valence electrons. The van der Waals surface area contributed by atoms with Gasteiger partial charge in [0.15, 0.2) is 0 Å². The highest BCUT2D eigenvalue weighted by Crippen LogP contribution is 2.29. The van der Waals surface area contributed by atoms with Crippen molar-refractivity contribution in [1.29, 1.82) is 0 Å². The molecule has 1 N–H and O–H groups in total. The monoisotopic (exact) mass is 270 g/mol. The van der Waals surface area contributed by atoms with Gasteiger partial charge in [0.05, 0.1) is 0 Å². The Bertz CT molecular complexity index is 205. The van der Waals surface area contributed by atoms with Gasteiger partial charge in [0, 0.05) is 18.8 Å². The summed E-state index contributed by atoms with van der Waals surface area (Å²) < 4.78 is 35.5. The molecule has 6 heteroatoms. The summed E-state index contributed by atoms with van der Waals surface area (Å²) in [6.45, 7) is 6.77. The third-order valence-electron chi connectivity index (χ3n) is 2.81. The van der Waals surface area contributed by atoms with Crippen molar-refractivity contribution >= 4 is 11.8 Å². The second-order valence-electron chi connectivity index (χ2n) is 4.61. The van der Waals surface area contributed by atoms with E-state index in [1.165, 1.54) is 25.9 Å². The number of halogens is 3.